The Labute approximate surface area is 146 Å². The zero-order valence-corrected chi connectivity index (χ0v) is 14.3. The highest BCUT2D eigenvalue weighted by Gasteiger charge is 2.40. The van der Waals surface area contributed by atoms with Crippen LogP contribution in [-0.2, 0) is 11.3 Å². The molecule has 0 saturated carbocycles. The predicted molar refractivity (Wildman–Crippen MR) is 89.3 cm³/mol. The van der Waals surface area contributed by atoms with Gasteiger partial charge in [0.15, 0.2) is 17.3 Å². The van der Waals surface area contributed by atoms with Crippen molar-refractivity contribution in [3.63, 3.8) is 0 Å². The number of H-pyrrole nitrogens is 1. The van der Waals surface area contributed by atoms with Gasteiger partial charge in [-0.05, 0) is 49.9 Å². The highest BCUT2D eigenvalue weighted by molar-refractivity contribution is 5.44. The maximum absolute atomic E-state index is 6.28. The molecule has 0 amide bonds. The van der Waals surface area contributed by atoms with Crippen LogP contribution in [-0.4, -0.2) is 46.1 Å². The van der Waals surface area contributed by atoms with Crippen molar-refractivity contribution in [3.8, 4) is 11.5 Å². The van der Waals surface area contributed by atoms with Gasteiger partial charge >= 0.3 is 0 Å². The fourth-order valence-electron chi connectivity index (χ4n) is 4.11. The zero-order chi connectivity index (χ0) is 16.8. The minimum Gasteiger partial charge on any atom is -0.454 e. The lowest BCUT2D eigenvalue weighted by Gasteiger charge is -2.34. The van der Waals surface area contributed by atoms with E-state index in [0.717, 1.165) is 55.6 Å². The third-order valence-electron chi connectivity index (χ3n) is 5.38. The summed E-state index contributed by atoms with van der Waals surface area (Å²) in [5.41, 5.74) is 1.25. The van der Waals surface area contributed by atoms with Gasteiger partial charge in [0.25, 0.3) is 0 Å². The third kappa shape index (κ3) is 2.87. The zero-order valence-electron chi connectivity index (χ0n) is 14.3. The minimum absolute atomic E-state index is 0.0328. The van der Waals surface area contributed by atoms with E-state index in [1.54, 1.807) is 0 Å². The van der Waals surface area contributed by atoms with Crippen LogP contribution in [0.1, 0.15) is 36.2 Å². The van der Waals surface area contributed by atoms with Crippen LogP contribution in [0.5, 0.6) is 11.5 Å². The molecule has 3 atom stereocenters. The van der Waals surface area contributed by atoms with Crippen LogP contribution in [0.4, 0.5) is 0 Å². The third-order valence-corrected chi connectivity index (χ3v) is 5.38. The Hall–Kier alpha value is -2.12. The molecule has 4 heterocycles. The fourth-order valence-corrected chi connectivity index (χ4v) is 4.11. The Bertz CT molecular complexity index is 777. The molecule has 0 bridgehead atoms. The van der Waals surface area contributed by atoms with E-state index < -0.39 is 0 Å². The van der Waals surface area contributed by atoms with E-state index in [9.17, 15) is 0 Å². The van der Waals surface area contributed by atoms with Crippen LogP contribution in [0, 0.1) is 12.8 Å². The number of likely N-dealkylation sites (tertiary alicyclic amines) is 1. The predicted octanol–water partition coefficient (Wildman–Crippen LogP) is 2.19. The van der Waals surface area contributed by atoms with E-state index >= 15 is 0 Å². The maximum atomic E-state index is 6.28. The van der Waals surface area contributed by atoms with Crippen molar-refractivity contribution in [1.29, 1.82) is 0 Å². The number of piperidine rings is 1. The first-order valence-electron chi connectivity index (χ1n) is 8.90. The summed E-state index contributed by atoms with van der Waals surface area (Å²) in [5.74, 6) is 3.94. The molecule has 2 saturated heterocycles. The number of aromatic nitrogens is 3. The Morgan fingerprint density at radius 2 is 2.20 bits per heavy atom. The molecule has 0 unspecified atom stereocenters. The van der Waals surface area contributed by atoms with Crippen LogP contribution >= 0.6 is 0 Å². The molecule has 1 N–H and O–H groups in total. The molecule has 1 aromatic heterocycles. The van der Waals surface area contributed by atoms with Crippen molar-refractivity contribution in [2.45, 2.75) is 38.5 Å². The number of fused-ring (bicyclic) bond motifs is 2. The molecule has 3 aliphatic rings. The summed E-state index contributed by atoms with van der Waals surface area (Å²) in [6.07, 6.45) is 2.49. The topological polar surface area (TPSA) is 72.5 Å². The molecular formula is C18H22N4O3. The first kappa shape index (κ1) is 15.2. The molecular weight excluding hydrogens is 320 g/mol. The lowest BCUT2D eigenvalue weighted by atomic mass is 9.91. The smallest absolute Gasteiger partial charge is 0.231 e. The number of nitrogens with one attached hydrogen (secondary N) is 1. The number of hydrogen-bond donors (Lipinski definition) is 1. The Morgan fingerprint density at radius 1 is 1.28 bits per heavy atom. The van der Waals surface area contributed by atoms with Crippen LogP contribution in [0.3, 0.4) is 0 Å². The average Bonchev–Trinajstić information content (AvgIpc) is 3.32. The van der Waals surface area contributed by atoms with Crippen LogP contribution in [0.2, 0.25) is 0 Å². The first-order valence-corrected chi connectivity index (χ1v) is 8.90. The van der Waals surface area contributed by atoms with Gasteiger partial charge in [0.05, 0.1) is 6.10 Å². The lowest BCUT2D eigenvalue weighted by molar-refractivity contribution is -0.0119. The molecule has 0 aliphatic carbocycles. The number of ether oxygens (including phenoxy) is 3. The molecule has 2 aromatic rings. The van der Waals surface area contributed by atoms with E-state index in [2.05, 4.69) is 32.2 Å². The van der Waals surface area contributed by atoms with Crippen molar-refractivity contribution in [3.05, 3.63) is 35.4 Å². The van der Waals surface area contributed by atoms with Gasteiger partial charge in [-0.15, -0.1) is 0 Å². The Balaban J connectivity index is 1.23. The first-order chi connectivity index (χ1) is 12.2. The van der Waals surface area contributed by atoms with Crippen LogP contribution < -0.4 is 9.47 Å². The molecule has 7 nitrogen and oxygen atoms in total. The van der Waals surface area contributed by atoms with Gasteiger partial charge in [-0.25, -0.2) is 4.98 Å². The highest BCUT2D eigenvalue weighted by atomic mass is 16.7. The monoisotopic (exact) mass is 342 g/mol. The number of rotatable bonds is 3. The number of nitrogens with zero attached hydrogens (tertiary/aromatic N) is 3. The number of hydrogen-bond acceptors (Lipinski definition) is 6. The molecule has 0 radical (unpaired) electrons. The molecule has 1 aromatic carbocycles. The van der Waals surface area contributed by atoms with E-state index in [0.29, 0.717) is 12.7 Å². The number of benzene rings is 1. The summed E-state index contributed by atoms with van der Waals surface area (Å²) in [4.78, 5) is 6.90. The fraction of sp³-hybridized carbons (Fsp3) is 0.556. The standard InChI is InChI=1S/C18H22N4O3/c1-11-19-18(21-20-11)16-7-13-4-5-22(9-17(13)25-16)8-12-2-3-14-15(6-12)24-10-23-14/h2-3,6,13,16-17H,4-5,7-10H2,1H3,(H,19,20,21)/t13-,16+,17+/m1/s1. The molecule has 132 valence electrons. The number of aryl methyl sites for hydroxylation is 1. The SMILES string of the molecule is Cc1nc([C@@H]2C[C@H]3CCN(Cc4ccc5c(c4)OCO5)C[C@@H]3O2)n[nH]1. The molecule has 3 aliphatic heterocycles. The molecule has 25 heavy (non-hydrogen) atoms. The van der Waals surface area contributed by atoms with Crippen molar-refractivity contribution < 1.29 is 14.2 Å². The second-order valence-corrected chi connectivity index (χ2v) is 7.15. The van der Waals surface area contributed by atoms with Gasteiger partial charge in [0.2, 0.25) is 6.79 Å². The van der Waals surface area contributed by atoms with Crippen molar-refractivity contribution in [1.82, 2.24) is 20.1 Å². The van der Waals surface area contributed by atoms with Gasteiger partial charge in [-0.2, -0.15) is 5.10 Å². The second-order valence-electron chi connectivity index (χ2n) is 7.15. The largest absolute Gasteiger partial charge is 0.454 e. The normalized spacial score (nSPS) is 28.3. The number of aromatic amines is 1. The van der Waals surface area contributed by atoms with Crippen molar-refractivity contribution >= 4 is 0 Å². The van der Waals surface area contributed by atoms with E-state index in [-0.39, 0.29) is 12.2 Å². The lowest BCUT2D eigenvalue weighted by Crippen LogP contribution is -2.41. The summed E-state index contributed by atoms with van der Waals surface area (Å²) in [6.45, 7) is 5.21. The highest BCUT2D eigenvalue weighted by Crippen LogP contribution is 2.40. The summed E-state index contributed by atoms with van der Waals surface area (Å²) in [5, 5.41) is 7.19. The van der Waals surface area contributed by atoms with Crippen molar-refractivity contribution in [2.24, 2.45) is 5.92 Å². The van der Waals surface area contributed by atoms with E-state index in [4.69, 9.17) is 14.2 Å². The minimum atomic E-state index is 0.0328. The van der Waals surface area contributed by atoms with Crippen LogP contribution in [0.25, 0.3) is 0 Å². The average molecular weight is 342 g/mol. The molecule has 2 fully saturated rings. The molecule has 7 heteroatoms. The van der Waals surface area contributed by atoms with Gasteiger partial charge in [0.1, 0.15) is 11.9 Å². The quantitative estimate of drug-likeness (QED) is 0.922. The van der Waals surface area contributed by atoms with Gasteiger partial charge in [-0.3, -0.25) is 10.00 Å². The summed E-state index contributed by atoms with van der Waals surface area (Å²) in [7, 11) is 0. The van der Waals surface area contributed by atoms with Gasteiger partial charge in [0, 0.05) is 13.1 Å². The van der Waals surface area contributed by atoms with E-state index in [1.165, 1.54) is 5.56 Å². The van der Waals surface area contributed by atoms with Gasteiger partial charge in [-0.1, -0.05) is 6.07 Å². The second kappa shape index (κ2) is 6.00. The summed E-state index contributed by atoms with van der Waals surface area (Å²) >= 11 is 0. The Morgan fingerprint density at radius 3 is 3.08 bits per heavy atom. The molecule has 0 spiro atoms. The van der Waals surface area contributed by atoms with Crippen LogP contribution in [0.15, 0.2) is 18.2 Å². The maximum Gasteiger partial charge on any atom is 0.231 e. The van der Waals surface area contributed by atoms with Crippen molar-refractivity contribution in [2.75, 3.05) is 19.9 Å². The summed E-state index contributed by atoms with van der Waals surface area (Å²) < 4.78 is 17.1. The van der Waals surface area contributed by atoms with E-state index in [1.807, 2.05) is 13.0 Å². The Kier molecular flexibility index (Phi) is 3.64. The summed E-state index contributed by atoms with van der Waals surface area (Å²) in [6, 6.07) is 6.20. The molecule has 5 rings (SSSR count). The van der Waals surface area contributed by atoms with Gasteiger partial charge < -0.3 is 14.2 Å².